The minimum atomic E-state index is -0.287. The van der Waals surface area contributed by atoms with Crippen LogP contribution in [0.2, 0.25) is 0 Å². The zero-order chi connectivity index (χ0) is 10.6. The van der Waals surface area contributed by atoms with Crippen LogP contribution < -0.4 is 5.32 Å². The second-order valence-corrected chi connectivity index (χ2v) is 3.46. The smallest absolute Gasteiger partial charge is 0.293 e. The molecule has 6 heteroatoms. The van der Waals surface area contributed by atoms with E-state index in [1.165, 1.54) is 0 Å². The number of nitrogens with one attached hydrogen (secondary N) is 2. The normalized spacial score (nSPS) is 11.4. The lowest BCUT2D eigenvalue weighted by molar-refractivity contribution is 0.0890. The van der Waals surface area contributed by atoms with Crippen molar-refractivity contribution in [2.24, 2.45) is 0 Å². The van der Waals surface area contributed by atoms with Gasteiger partial charge in [0.2, 0.25) is 0 Å². The number of nitrogens with zero attached hydrogens (tertiary/aromatic N) is 3. The zero-order valence-electron chi connectivity index (χ0n) is 8.66. The quantitative estimate of drug-likeness (QED) is 0.736. The van der Waals surface area contributed by atoms with Gasteiger partial charge in [-0.05, 0) is 25.0 Å². The second kappa shape index (κ2) is 4.17. The SMILES string of the molecule is CCC(C)(CC)NC(=O)c1nn[nH]n1. The van der Waals surface area contributed by atoms with Gasteiger partial charge in [0.05, 0.1) is 0 Å². The average Bonchev–Trinajstić information content (AvgIpc) is 2.70. The molecule has 0 atom stereocenters. The number of rotatable bonds is 4. The zero-order valence-corrected chi connectivity index (χ0v) is 8.66. The Morgan fingerprint density at radius 2 is 2.14 bits per heavy atom. The molecule has 0 spiro atoms. The van der Waals surface area contributed by atoms with E-state index in [1.807, 2.05) is 20.8 Å². The summed E-state index contributed by atoms with van der Waals surface area (Å²) in [6.45, 7) is 6.05. The summed E-state index contributed by atoms with van der Waals surface area (Å²) in [4.78, 5) is 11.5. The minimum Gasteiger partial charge on any atom is -0.344 e. The van der Waals surface area contributed by atoms with Crippen molar-refractivity contribution in [3.05, 3.63) is 5.82 Å². The Bertz CT molecular complexity index is 291. The first-order chi connectivity index (χ1) is 6.61. The van der Waals surface area contributed by atoms with Gasteiger partial charge < -0.3 is 5.32 Å². The van der Waals surface area contributed by atoms with Crippen LogP contribution in [0.5, 0.6) is 0 Å². The van der Waals surface area contributed by atoms with Crippen LogP contribution >= 0.6 is 0 Å². The summed E-state index contributed by atoms with van der Waals surface area (Å²) in [5, 5.41) is 15.7. The Labute approximate surface area is 82.5 Å². The van der Waals surface area contributed by atoms with Crippen LogP contribution in [0.15, 0.2) is 0 Å². The highest BCUT2D eigenvalue weighted by Gasteiger charge is 2.24. The molecule has 0 radical (unpaired) electrons. The van der Waals surface area contributed by atoms with Crippen LogP contribution in [-0.4, -0.2) is 32.1 Å². The molecule has 78 valence electrons. The van der Waals surface area contributed by atoms with Crippen LogP contribution in [0.25, 0.3) is 0 Å². The second-order valence-electron chi connectivity index (χ2n) is 3.46. The van der Waals surface area contributed by atoms with E-state index in [9.17, 15) is 4.79 Å². The molecule has 14 heavy (non-hydrogen) atoms. The molecule has 0 unspecified atom stereocenters. The van der Waals surface area contributed by atoms with Gasteiger partial charge in [0.15, 0.2) is 0 Å². The number of aromatic nitrogens is 4. The maximum atomic E-state index is 11.5. The molecule has 6 nitrogen and oxygen atoms in total. The highest BCUT2D eigenvalue weighted by molar-refractivity contribution is 5.90. The number of tetrazole rings is 1. The van der Waals surface area contributed by atoms with E-state index in [4.69, 9.17) is 0 Å². The number of hydrogen-bond donors (Lipinski definition) is 2. The fourth-order valence-electron chi connectivity index (χ4n) is 1.01. The molecule has 0 aromatic carbocycles. The summed E-state index contributed by atoms with van der Waals surface area (Å²) in [6, 6.07) is 0. The van der Waals surface area contributed by atoms with Crippen LogP contribution in [0.3, 0.4) is 0 Å². The predicted molar refractivity (Wildman–Crippen MR) is 50.6 cm³/mol. The lowest BCUT2D eigenvalue weighted by atomic mass is 9.95. The molecule has 0 aliphatic carbocycles. The van der Waals surface area contributed by atoms with Crippen LogP contribution in [-0.2, 0) is 0 Å². The molecule has 0 bridgehead atoms. The summed E-state index contributed by atoms with van der Waals surface area (Å²) in [5.41, 5.74) is -0.197. The lowest BCUT2D eigenvalue weighted by Gasteiger charge is -2.27. The van der Waals surface area contributed by atoms with Crippen molar-refractivity contribution in [2.75, 3.05) is 0 Å². The maximum absolute atomic E-state index is 11.5. The number of carbonyl (C=O) groups is 1. The van der Waals surface area contributed by atoms with Gasteiger partial charge in [0.25, 0.3) is 11.7 Å². The number of aromatic amines is 1. The predicted octanol–water partition coefficient (Wildman–Crippen LogP) is 0.508. The van der Waals surface area contributed by atoms with E-state index < -0.39 is 0 Å². The highest BCUT2D eigenvalue weighted by Crippen LogP contribution is 2.13. The molecule has 1 rings (SSSR count). The van der Waals surface area contributed by atoms with Gasteiger partial charge in [-0.15, -0.1) is 10.2 Å². The first kappa shape index (κ1) is 10.6. The van der Waals surface area contributed by atoms with Crippen LogP contribution in [0.4, 0.5) is 0 Å². The first-order valence-electron chi connectivity index (χ1n) is 4.67. The maximum Gasteiger partial charge on any atom is 0.293 e. The number of H-pyrrole nitrogens is 1. The highest BCUT2D eigenvalue weighted by atomic mass is 16.2. The van der Waals surface area contributed by atoms with Gasteiger partial charge in [-0.3, -0.25) is 4.79 Å². The van der Waals surface area contributed by atoms with Gasteiger partial charge in [-0.25, -0.2) is 0 Å². The van der Waals surface area contributed by atoms with E-state index in [0.29, 0.717) is 0 Å². The third-order valence-electron chi connectivity index (χ3n) is 2.52. The molecule has 2 N–H and O–H groups in total. The third-order valence-corrected chi connectivity index (χ3v) is 2.52. The van der Waals surface area contributed by atoms with Crippen molar-refractivity contribution >= 4 is 5.91 Å². The van der Waals surface area contributed by atoms with Crippen molar-refractivity contribution in [1.82, 2.24) is 25.9 Å². The monoisotopic (exact) mass is 197 g/mol. The van der Waals surface area contributed by atoms with Crippen molar-refractivity contribution < 1.29 is 4.79 Å². The van der Waals surface area contributed by atoms with Gasteiger partial charge in [0, 0.05) is 5.54 Å². The Balaban J connectivity index is 2.65. The number of amides is 1. The molecule has 0 saturated heterocycles. The van der Waals surface area contributed by atoms with Gasteiger partial charge in [-0.2, -0.15) is 5.21 Å². The van der Waals surface area contributed by atoms with E-state index in [-0.39, 0.29) is 17.3 Å². The van der Waals surface area contributed by atoms with Crippen molar-refractivity contribution in [3.8, 4) is 0 Å². The number of carbonyl (C=O) groups excluding carboxylic acids is 1. The molecule has 0 aliphatic heterocycles. The topological polar surface area (TPSA) is 83.6 Å². The molecule has 1 amide bonds. The number of hydrogen-bond acceptors (Lipinski definition) is 4. The van der Waals surface area contributed by atoms with E-state index in [0.717, 1.165) is 12.8 Å². The fourth-order valence-corrected chi connectivity index (χ4v) is 1.01. The Morgan fingerprint density at radius 3 is 2.57 bits per heavy atom. The summed E-state index contributed by atoms with van der Waals surface area (Å²) in [5.74, 6) is -0.205. The molecule has 1 aromatic rings. The lowest BCUT2D eigenvalue weighted by Crippen LogP contribution is -2.45. The summed E-state index contributed by atoms with van der Waals surface area (Å²) in [7, 11) is 0. The van der Waals surface area contributed by atoms with Crippen molar-refractivity contribution in [2.45, 2.75) is 39.2 Å². The van der Waals surface area contributed by atoms with Crippen LogP contribution in [0.1, 0.15) is 44.2 Å². The van der Waals surface area contributed by atoms with E-state index in [2.05, 4.69) is 25.9 Å². The first-order valence-corrected chi connectivity index (χ1v) is 4.67. The molecule has 1 heterocycles. The molecule has 0 saturated carbocycles. The minimum absolute atomic E-state index is 0.0816. The van der Waals surface area contributed by atoms with E-state index >= 15 is 0 Å². The Kier molecular flexibility index (Phi) is 3.16. The van der Waals surface area contributed by atoms with Crippen LogP contribution in [0, 0.1) is 0 Å². The molecular formula is C8H15N5O. The third kappa shape index (κ3) is 2.27. The van der Waals surface area contributed by atoms with Crippen molar-refractivity contribution in [1.29, 1.82) is 0 Å². The van der Waals surface area contributed by atoms with Gasteiger partial charge in [0.1, 0.15) is 0 Å². The van der Waals surface area contributed by atoms with E-state index in [1.54, 1.807) is 0 Å². The molecule has 0 aliphatic rings. The fraction of sp³-hybridized carbons (Fsp3) is 0.750. The van der Waals surface area contributed by atoms with Crippen molar-refractivity contribution in [3.63, 3.8) is 0 Å². The Hall–Kier alpha value is -1.46. The summed E-state index contributed by atoms with van der Waals surface area (Å²) < 4.78 is 0. The largest absolute Gasteiger partial charge is 0.344 e. The standard InChI is InChI=1S/C8H15N5O/c1-4-8(3,5-2)9-7(14)6-10-12-13-11-6/h4-5H2,1-3H3,(H,9,14)(H,10,11,12,13). The molecule has 0 fully saturated rings. The summed E-state index contributed by atoms with van der Waals surface area (Å²) in [6.07, 6.45) is 1.74. The molecular weight excluding hydrogens is 182 g/mol. The molecule has 1 aromatic heterocycles. The summed E-state index contributed by atoms with van der Waals surface area (Å²) >= 11 is 0. The Morgan fingerprint density at radius 1 is 1.50 bits per heavy atom. The van der Waals surface area contributed by atoms with Gasteiger partial charge in [-0.1, -0.05) is 13.8 Å². The average molecular weight is 197 g/mol. The van der Waals surface area contributed by atoms with Gasteiger partial charge >= 0.3 is 0 Å².